The quantitative estimate of drug-likeness (QED) is 0.808. The van der Waals surface area contributed by atoms with E-state index in [-0.39, 0.29) is 6.04 Å². The van der Waals surface area contributed by atoms with Crippen LogP contribution in [0.4, 0.5) is 0 Å². The fourth-order valence-electron chi connectivity index (χ4n) is 2.90. The molecule has 114 valence electrons. The van der Waals surface area contributed by atoms with Crippen LogP contribution in [0.15, 0.2) is 24.3 Å². The average Bonchev–Trinajstić information content (AvgIpc) is 2.96. The maximum atomic E-state index is 5.95. The van der Waals surface area contributed by atoms with E-state index in [1.807, 2.05) is 6.07 Å². The molecule has 21 heavy (non-hydrogen) atoms. The minimum atomic E-state index is 0.289. The van der Waals surface area contributed by atoms with Crippen molar-refractivity contribution in [2.24, 2.45) is 0 Å². The molecule has 1 saturated carbocycles. The summed E-state index contributed by atoms with van der Waals surface area (Å²) in [5, 5.41) is 4.68. The van der Waals surface area contributed by atoms with Gasteiger partial charge in [0.2, 0.25) is 0 Å². The molecule has 1 unspecified atom stereocenters. The summed E-state index contributed by atoms with van der Waals surface area (Å²) in [5.74, 6) is 0. The number of nitrogens with one attached hydrogen (secondary N) is 1. The van der Waals surface area contributed by atoms with Crippen LogP contribution in [0.5, 0.6) is 0 Å². The SMILES string of the molecule is CC(NCCOC1CCCCC1)c1nc2ccccc2s1. The molecule has 1 aliphatic rings. The van der Waals surface area contributed by atoms with Gasteiger partial charge in [-0.1, -0.05) is 31.4 Å². The molecule has 0 saturated heterocycles. The highest BCUT2D eigenvalue weighted by atomic mass is 32.1. The normalized spacial score (nSPS) is 18.1. The molecule has 0 bridgehead atoms. The number of rotatable bonds is 6. The minimum Gasteiger partial charge on any atom is -0.377 e. The molecule has 1 atom stereocenters. The molecule has 0 amide bonds. The molecule has 0 aliphatic heterocycles. The van der Waals surface area contributed by atoms with E-state index >= 15 is 0 Å². The van der Waals surface area contributed by atoms with Crippen molar-refractivity contribution in [2.45, 2.75) is 51.2 Å². The van der Waals surface area contributed by atoms with Gasteiger partial charge in [0.25, 0.3) is 0 Å². The number of ether oxygens (including phenoxy) is 1. The van der Waals surface area contributed by atoms with Gasteiger partial charge >= 0.3 is 0 Å². The molecule has 1 aliphatic carbocycles. The third kappa shape index (κ3) is 4.02. The fourth-order valence-corrected chi connectivity index (χ4v) is 3.89. The molecule has 1 aromatic heterocycles. The maximum Gasteiger partial charge on any atom is 0.111 e. The molecular formula is C17H24N2OS. The van der Waals surface area contributed by atoms with E-state index < -0.39 is 0 Å². The van der Waals surface area contributed by atoms with E-state index in [9.17, 15) is 0 Å². The van der Waals surface area contributed by atoms with Gasteiger partial charge < -0.3 is 10.1 Å². The second-order valence-corrected chi connectivity index (χ2v) is 6.89. The lowest BCUT2D eigenvalue weighted by Gasteiger charge is -2.22. The monoisotopic (exact) mass is 304 g/mol. The van der Waals surface area contributed by atoms with Crippen LogP contribution in [0.2, 0.25) is 0 Å². The molecule has 1 fully saturated rings. The number of benzene rings is 1. The van der Waals surface area contributed by atoms with Crippen LogP contribution in [0.1, 0.15) is 50.1 Å². The third-order valence-corrected chi connectivity index (χ3v) is 5.36. The van der Waals surface area contributed by atoms with Crippen LogP contribution in [0.25, 0.3) is 10.2 Å². The van der Waals surface area contributed by atoms with E-state index in [0.717, 1.165) is 23.7 Å². The van der Waals surface area contributed by atoms with Crippen LogP contribution in [-0.2, 0) is 4.74 Å². The molecular weight excluding hydrogens is 280 g/mol. The van der Waals surface area contributed by atoms with E-state index in [0.29, 0.717) is 6.10 Å². The van der Waals surface area contributed by atoms with E-state index in [1.165, 1.54) is 36.8 Å². The summed E-state index contributed by atoms with van der Waals surface area (Å²) in [6, 6.07) is 8.61. The first kappa shape index (κ1) is 14.9. The zero-order chi connectivity index (χ0) is 14.5. The predicted octanol–water partition coefficient (Wildman–Crippen LogP) is 4.30. The Morgan fingerprint density at radius 3 is 2.90 bits per heavy atom. The number of fused-ring (bicyclic) bond motifs is 1. The second kappa shape index (κ2) is 7.34. The summed E-state index contributed by atoms with van der Waals surface area (Å²) in [5.41, 5.74) is 1.10. The minimum absolute atomic E-state index is 0.289. The first-order valence-electron chi connectivity index (χ1n) is 8.03. The van der Waals surface area contributed by atoms with Gasteiger partial charge in [-0.25, -0.2) is 4.98 Å². The van der Waals surface area contributed by atoms with E-state index in [2.05, 4.69) is 30.4 Å². The van der Waals surface area contributed by atoms with Gasteiger partial charge in [-0.2, -0.15) is 0 Å². The van der Waals surface area contributed by atoms with Crippen molar-refractivity contribution in [3.8, 4) is 0 Å². The zero-order valence-electron chi connectivity index (χ0n) is 12.7. The van der Waals surface area contributed by atoms with Crippen molar-refractivity contribution in [2.75, 3.05) is 13.2 Å². The molecule has 1 heterocycles. The Balaban J connectivity index is 1.44. The van der Waals surface area contributed by atoms with E-state index in [1.54, 1.807) is 11.3 Å². The van der Waals surface area contributed by atoms with Gasteiger partial charge in [-0.05, 0) is 31.9 Å². The van der Waals surface area contributed by atoms with E-state index in [4.69, 9.17) is 9.72 Å². The zero-order valence-corrected chi connectivity index (χ0v) is 13.5. The molecule has 2 aromatic rings. The van der Waals surface area contributed by atoms with Gasteiger partial charge in [-0.3, -0.25) is 0 Å². The van der Waals surface area contributed by atoms with Gasteiger partial charge in [-0.15, -0.1) is 11.3 Å². The number of nitrogens with zero attached hydrogens (tertiary/aromatic N) is 1. The Morgan fingerprint density at radius 1 is 1.29 bits per heavy atom. The maximum absolute atomic E-state index is 5.95. The highest BCUT2D eigenvalue weighted by Gasteiger charge is 2.14. The number of hydrogen-bond donors (Lipinski definition) is 1. The summed E-state index contributed by atoms with van der Waals surface area (Å²) in [6.45, 7) is 3.88. The number of para-hydroxylation sites is 1. The Morgan fingerprint density at radius 2 is 2.10 bits per heavy atom. The number of thiazole rings is 1. The van der Waals surface area contributed by atoms with Crippen molar-refractivity contribution in [1.82, 2.24) is 10.3 Å². The van der Waals surface area contributed by atoms with Crippen LogP contribution in [0.3, 0.4) is 0 Å². The lowest BCUT2D eigenvalue weighted by molar-refractivity contribution is 0.0295. The van der Waals surface area contributed by atoms with Gasteiger partial charge in [0, 0.05) is 6.54 Å². The van der Waals surface area contributed by atoms with Crippen molar-refractivity contribution in [3.63, 3.8) is 0 Å². The molecule has 4 heteroatoms. The summed E-state index contributed by atoms with van der Waals surface area (Å²) in [4.78, 5) is 4.70. The Kier molecular flexibility index (Phi) is 5.22. The van der Waals surface area contributed by atoms with Crippen LogP contribution in [0, 0.1) is 0 Å². The molecule has 0 radical (unpaired) electrons. The van der Waals surface area contributed by atoms with Crippen molar-refractivity contribution >= 4 is 21.6 Å². The van der Waals surface area contributed by atoms with Crippen molar-refractivity contribution < 1.29 is 4.74 Å². The van der Waals surface area contributed by atoms with Gasteiger partial charge in [0.15, 0.2) is 0 Å². The smallest absolute Gasteiger partial charge is 0.111 e. The van der Waals surface area contributed by atoms with Gasteiger partial charge in [0.1, 0.15) is 5.01 Å². The predicted molar refractivity (Wildman–Crippen MR) is 88.9 cm³/mol. The Bertz CT molecular complexity index is 530. The number of aromatic nitrogens is 1. The summed E-state index contributed by atoms with van der Waals surface area (Å²) >= 11 is 1.78. The summed E-state index contributed by atoms with van der Waals surface area (Å²) in [7, 11) is 0. The molecule has 3 rings (SSSR count). The van der Waals surface area contributed by atoms with Crippen molar-refractivity contribution in [3.05, 3.63) is 29.3 Å². The van der Waals surface area contributed by atoms with Gasteiger partial charge in [0.05, 0.1) is 29.0 Å². The lowest BCUT2D eigenvalue weighted by Crippen LogP contribution is -2.26. The largest absolute Gasteiger partial charge is 0.377 e. The lowest BCUT2D eigenvalue weighted by atomic mass is 9.98. The number of hydrogen-bond acceptors (Lipinski definition) is 4. The fraction of sp³-hybridized carbons (Fsp3) is 0.588. The van der Waals surface area contributed by atoms with Crippen molar-refractivity contribution in [1.29, 1.82) is 0 Å². The van der Waals surface area contributed by atoms with Crippen LogP contribution in [-0.4, -0.2) is 24.2 Å². The summed E-state index contributed by atoms with van der Waals surface area (Å²) < 4.78 is 7.21. The Labute approximate surface area is 130 Å². The Hall–Kier alpha value is -0.970. The molecule has 3 nitrogen and oxygen atoms in total. The molecule has 1 N–H and O–H groups in total. The first-order valence-corrected chi connectivity index (χ1v) is 8.85. The third-order valence-electron chi connectivity index (χ3n) is 4.14. The highest BCUT2D eigenvalue weighted by Crippen LogP contribution is 2.26. The average molecular weight is 304 g/mol. The topological polar surface area (TPSA) is 34.1 Å². The standard InChI is InChI=1S/C17H24N2OS/c1-13(17-19-15-9-5-6-10-16(15)21-17)18-11-12-20-14-7-3-2-4-8-14/h5-6,9-10,13-14,18H,2-4,7-8,11-12H2,1H3. The summed E-state index contributed by atoms with van der Waals surface area (Å²) in [6.07, 6.45) is 7.03. The second-order valence-electron chi connectivity index (χ2n) is 5.83. The highest BCUT2D eigenvalue weighted by molar-refractivity contribution is 7.18. The molecule has 1 aromatic carbocycles. The van der Waals surface area contributed by atoms with Crippen LogP contribution >= 0.6 is 11.3 Å². The molecule has 0 spiro atoms. The first-order chi connectivity index (χ1) is 10.3. The van der Waals surface area contributed by atoms with Crippen LogP contribution < -0.4 is 5.32 Å².